The molecule has 2 aromatic rings. The fourth-order valence-electron chi connectivity index (χ4n) is 1.23. The lowest BCUT2D eigenvalue weighted by Gasteiger charge is -1.95. The number of hydrogen-bond acceptors (Lipinski definition) is 3. The van der Waals surface area contributed by atoms with Crippen LogP contribution in [0, 0.1) is 13.8 Å². The van der Waals surface area contributed by atoms with Gasteiger partial charge in [-0.15, -0.1) is 11.3 Å². The molecule has 0 aromatic carbocycles. The number of nitrogens with two attached hydrogens (primary N) is 1. The van der Waals surface area contributed by atoms with Gasteiger partial charge < -0.3 is 5.73 Å². The van der Waals surface area contributed by atoms with Crippen molar-refractivity contribution in [3.63, 3.8) is 0 Å². The standard InChI is InChI=1S/C9H11N3S/c1-5-3-4-13-9(5)8-7(10)6(2)11-12-8/h3-4H,10H2,1-2H3,(H,11,12). The van der Waals surface area contributed by atoms with Crippen LogP contribution >= 0.6 is 11.3 Å². The molecule has 0 amide bonds. The van der Waals surface area contributed by atoms with Crippen LogP contribution < -0.4 is 5.73 Å². The monoisotopic (exact) mass is 193 g/mol. The molecule has 68 valence electrons. The maximum Gasteiger partial charge on any atom is 0.125 e. The number of aromatic nitrogens is 2. The van der Waals surface area contributed by atoms with Crippen LogP contribution in [0.25, 0.3) is 10.6 Å². The van der Waals surface area contributed by atoms with Gasteiger partial charge in [0.05, 0.1) is 16.3 Å². The fraction of sp³-hybridized carbons (Fsp3) is 0.222. The van der Waals surface area contributed by atoms with Crippen molar-refractivity contribution in [3.8, 4) is 10.6 Å². The van der Waals surface area contributed by atoms with E-state index >= 15 is 0 Å². The van der Waals surface area contributed by atoms with Crippen LogP contribution in [0.2, 0.25) is 0 Å². The van der Waals surface area contributed by atoms with E-state index in [0.29, 0.717) is 0 Å². The third kappa shape index (κ3) is 1.23. The van der Waals surface area contributed by atoms with Crippen molar-refractivity contribution in [2.45, 2.75) is 13.8 Å². The van der Waals surface area contributed by atoms with E-state index in [4.69, 9.17) is 5.73 Å². The lowest BCUT2D eigenvalue weighted by Crippen LogP contribution is -1.87. The second-order valence-corrected chi connectivity index (χ2v) is 3.96. The summed E-state index contributed by atoms with van der Waals surface area (Å²) in [7, 11) is 0. The van der Waals surface area contributed by atoms with Crippen molar-refractivity contribution in [2.24, 2.45) is 0 Å². The molecule has 0 fully saturated rings. The summed E-state index contributed by atoms with van der Waals surface area (Å²) in [6.45, 7) is 3.99. The van der Waals surface area contributed by atoms with Gasteiger partial charge in [0.15, 0.2) is 0 Å². The van der Waals surface area contributed by atoms with E-state index in [9.17, 15) is 0 Å². The molecular weight excluding hydrogens is 182 g/mol. The van der Waals surface area contributed by atoms with Crippen LogP contribution in [0.15, 0.2) is 11.4 Å². The Balaban J connectivity index is 2.59. The molecule has 13 heavy (non-hydrogen) atoms. The zero-order valence-corrected chi connectivity index (χ0v) is 8.40. The van der Waals surface area contributed by atoms with E-state index in [0.717, 1.165) is 22.0 Å². The number of H-pyrrole nitrogens is 1. The quantitative estimate of drug-likeness (QED) is 0.730. The van der Waals surface area contributed by atoms with E-state index in [1.807, 2.05) is 12.3 Å². The Bertz CT molecular complexity index is 428. The average molecular weight is 193 g/mol. The van der Waals surface area contributed by atoms with Gasteiger partial charge in [0.25, 0.3) is 0 Å². The highest BCUT2D eigenvalue weighted by Gasteiger charge is 2.11. The predicted molar refractivity (Wildman–Crippen MR) is 55.8 cm³/mol. The van der Waals surface area contributed by atoms with Gasteiger partial charge in [0.2, 0.25) is 0 Å². The summed E-state index contributed by atoms with van der Waals surface area (Å²) in [5, 5.41) is 9.11. The number of aromatic amines is 1. The molecule has 0 spiro atoms. The molecule has 0 bridgehead atoms. The number of hydrogen-bond donors (Lipinski definition) is 2. The smallest absolute Gasteiger partial charge is 0.125 e. The first-order valence-corrected chi connectivity index (χ1v) is 4.93. The average Bonchev–Trinajstić information content (AvgIpc) is 2.62. The molecule has 3 N–H and O–H groups in total. The number of nitrogens with one attached hydrogen (secondary N) is 1. The van der Waals surface area contributed by atoms with Gasteiger partial charge in [-0.2, -0.15) is 5.10 Å². The largest absolute Gasteiger partial charge is 0.395 e. The SMILES string of the molecule is Cc1ccsc1-c1n[nH]c(C)c1N. The molecule has 2 heterocycles. The Hall–Kier alpha value is -1.29. The van der Waals surface area contributed by atoms with E-state index in [1.54, 1.807) is 11.3 Å². The summed E-state index contributed by atoms with van der Waals surface area (Å²) >= 11 is 1.67. The number of nitrogen functional groups attached to an aromatic ring is 1. The van der Waals surface area contributed by atoms with E-state index in [-0.39, 0.29) is 0 Å². The number of rotatable bonds is 1. The predicted octanol–water partition coefficient (Wildman–Crippen LogP) is 2.34. The number of anilines is 1. The van der Waals surface area contributed by atoms with E-state index < -0.39 is 0 Å². The minimum absolute atomic E-state index is 0.755. The second-order valence-electron chi connectivity index (χ2n) is 3.04. The molecule has 0 saturated heterocycles. The van der Waals surface area contributed by atoms with Crippen LogP contribution in [0.3, 0.4) is 0 Å². The van der Waals surface area contributed by atoms with Crippen LogP contribution in [0.5, 0.6) is 0 Å². The first-order valence-electron chi connectivity index (χ1n) is 4.05. The Morgan fingerprint density at radius 2 is 2.23 bits per heavy atom. The second kappa shape index (κ2) is 2.88. The van der Waals surface area contributed by atoms with Gasteiger partial charge in [0, 0.05) is 0 Å². The van der Waals surface area contributed by atoms with Crippen molar-refractivity contribution < 1.29 is 0 Å². The Morgan fingerprint density at radius 3 is 2.69 bits per heavy atom. The van der Waals surface area contributed by atoms with Gasteiger partial charge in [-0.1, -0.05) is 0 Å². The van der Waals surface area contributed by atoms with Crippen LogP contribution in [0.4, 0.5) is 5.69 Å². The lowest BCUT2D eigenvalue weighted by molar-refractivity contribution is 1.05. The van der Waals surface area contributed by atoms with Gasteiger partial charge in [-0.3, -0.25) is 5.10 Å². The zero-order chi connectivity index (χ0) is 9.42. The molecule has 0 aliphatic carbocycles. The molecule has 4 heteroatoms. The first-order chi connectivity index (χ1) is 6.20. The summed E-state index contributed by atoms with van der Waals surface area (Å²) in [5.41, 5.74) is 9.67. The molecule has 0 unspecified atom stereocenters. The molecule has 3 nitrogen and oxygen atoms in total. The van der Waals surface area contributed by atoms with Crippen molar-refractivity contribution in [2.75, 3.05) is 5.73 Å². The summed E-state index contributed by atoms with van der Waals surface area (Å²) in [5.74, 6) is 0. The highest BCUT2D eigenvalue weighted by molar-refractivity contribution is 7.13. The maximum absolute atomic E-state index is 5.88. The summed E-state index contributed by atoms with van der Waals surface area (Å²) < 4.78 is 0. The highest BCUT2D eigenvalue weighted by Crippen LogP contribution is 2.32. The highest BCUT2D eigenvalue weighted by atomic mass is 32.1. The van der Waals surface area contributed by atoms with Crippen molar-refractivity contribution in [1.82, 2.24) is 10.2 Å². The molecular formula is C9H11N3S. The molecule has 0 saturated carbocycles. The van der Waals surface area contributed by atoms with Crippen LogP contribution in [-0.4, -0.2) is 10.2 Å². The third-order valence-corrected chi connectivity index (χ3v) is 3.09. The van der Waals surface area contributed by atoms with Gasteiger partial charge in [0.1, 0.15) is 5.69 Å². The maximum atomic E-state index is 5.88. The van der Waals surface area contributed by atoms with Gasteiger partial charge >= 0.3 is 0 Å². The summed E-state index contributed by atoms with van der Waals surface area (Å²) in [6.07, 6.45) is 0. The Morgan fingerprint density at radius 1 is 1.46 bits per heavy atom. The Labute approximate surface area is 80.6 Å². The van der Waals surface area contributed by atoms with Crippen molar-refractivity contribution in [1.29, 1.82) is 0 Å². The molecule has 0 atom stereocenters. The fourth-order valence-corrected chi connectivity index (χ4v) is 2.16. The lowest BCUT2D eigenvalue weighted by atomic mass is 10.2. The van der Waals surface area contributed by atoms with Crippen LogP contribution in [-0.2, 0) is 0 Å². The minimum Gasteiger partial charge on any atom is -0.395 e. The molecule has 2 rings (SSSR count). The summed E-state index contributed by atoms with van der Waals surface area (Å²) in [6, 6.07) is 2.07. The number of aryl methyl sites for hydroxylation is 2. The zero-order valence-electron chi connectivity index (χ0n) is 7.59. The first kappa shape index (κ1) is 8.31. The van der Waals surface area contributed by atoms with Gasteiger partial charge in [-0.05, 0) is 30.9 Å². The minimum atomic E-state index is 0.755. The van der Waals surface area contributed by atoms with E-state index in [1.165, 1.54) is 5.56 Å². The molecule has 0 aliphatic rings. The number of thiophene rings is 1. The third-order valence-electron chi connectivity index (χ3n) is 2.07. The molecule has 0 radical (unpaired) electrons. The molecule has 0 aliphatic heterocycles. The van der Waals surface area contributed by atoms with Crippen molar-refractivity contribution in [3.05, 3.63) is 22.7 Å². The topological polar surface area (TPSA) is 54.7 Å². The van der Waals surface area contributed by atoms with Gasteiger partial charge in [-0.25, -0.2) is 0 Å². The Kier molecular flexibility index (Phi) is 1.84. The summed E-state index contributed by atoms with van der Waals surface area (Å²) in [4.78, 5) is 1.15. The van der Waals surface area contributed by atoms with E-state index in [2.05, 4.69) is 23.2 Å². The molecule has 2 aromatic heterocycles. The van der Waals surface area contributed by atoms with Crippen LogP contribution in [0.1, 0.15) is 11.3 Å². The normalized spacial score (nSPS) is 10.6. The number of nitrogens with zero attached hydrogens (tertiary/aromatic N) is 1. The van der Waals surface area contributed by atoms with Crippen molar-refractivity contribution >= 4 is 17.0 Å².